The fourth-order valence-electron chi connectivity index (χ4n) is 1.32. The fourth-order valence-corrected chi connectivity index (χ4v) is 2.29. The van der Waals surface area contributed by atoms with E-state index < -0.39 is 11.7 Å². The molecule has 0 fully saturated rings. The number of nitrogens with zero attached hydrogens (tertiary/aromatic N) is 2. The lowest BCUT2D eigenvalue weighted by atomic mass is 10.2. The van der Waals surface area contributed by atoms with Crippen LogP contribution in [0.1, 0.15) is 10.4 Å². The van der Waals surface area contributed by atoms with Crippen LogP contribution >= 0.6 is 22.9 Å². The van der Waals surface area contributed by atoms with Crippen LogP contribution in [0.2, 0.25) is 5.15 Å². The van der Waals surface area contributed by atoms with Crippen LogP contribution in [-0.4, -0.2) is 4.98 Å². The van der Waals surface area contributed by atoms with Gasteiger partial charge in [0.1, 0.15) is 16.1 Å². The van der Waals surface area contributed by atoms with Crippen LogP contribution in [0, 0.1) is 11.3 Å². The van der Waals surface area contributed by atoms with Crippen LogP contribution in [0.4, 0.5) is 13.2 Å². The smallest absolute Gasteiger partial charge is 0.235 e. The number of hydrogen-bond acceptors (Lipinski definition) is 3. The number of rotatable bonds is 1. The van der Waals surface area contributed by atoms with Crippen molar-refractivity contribution in [3.05, 3.63) is 39.9 Å². The van der Waals surface area contributed by atoms with E-state index in [4.69, 9.17) is 16.9 Å². The summed E-state index contributed by atoms with van der Waals surface area (Å²) in [7, 11) is 0. The summed E-state index contributed by atoms with van der Waals surface area (Å²) in [4.78, 5) is 4.71. The molecule has 2 aromatic rings. The van der Waals surface area contributed by atoms with Gasteiger partial charge in [-0.3, -0.25) is 0 Å². The molecule has 2 aromatic heterocycles. The van der Waals surface area contributed by atoms with E-state index in [2.05, 4.69) is 4.98 Å². The Morgan fingerprint density at radius 1 is 1.28 bits per heavy atom. The van der Waals surface area contributed by atoms with Crippen LogP contribution in [0.25, 0.3) is 10.6 Å². The van der Waals surface area contributed by atoms with Gasteiger partial charge in [-0.15, -0.1) is 11.3 Å². The van der Waals surface area contributed by atoms with Crippen molar-refractivity contribution < 1.29 is 13.2 Å². The van der Waals surface area contributed by atoms with E-state index in [1.807, 2.05) is 6.07 Å². The summed E-state index contributed by atoms with van der Waals surface area (Å²) in [6.45, 7) is 0. The molecule has 0 atom stereocenters. The van der Waals surface area contributed by atoms with Gasteiger partial charge in [0.2, 0.25) is 0 Å². The maximum Gasteiger partial charge on any atom is 0.416 e. The Hall–Kier alpha value is -1.58. The first-order valence-electron chi connectivity index (χ1n) is 4.65. The molecule has 0 aliphatic rings. The number of nitriles is 1. The van der Waals surface area contributed by atoms with Gasteiger partial charge in [0.25, 0.3) is 0 Å². The molecule has 92 valence electrons. The topological polar surface area (TPSA) is 36.7 Å². The zero-order valence-electron chi connectivity index (χ0n) is 8.62. The van der Waals surface area contributed by atoms with Crippen LogP contribution in [0.15, 0.2) is 24.3 Å². The van der Waals surface area contributed by atoms with Crippen molar-refractivity contribution in [3.8, 4) is 16.6 Å². The van der Waals surface area contributed by atoms with E-state index in [1.165, 1.54) is 6.07 Å². The SMILES string of the molecule is N#Cc1ccc(-c2cc(C(F)(F)F)cc(Cl)n2)s1. The molecule has 2 nitrogen and oxygen atoms in total. The lowest BCUT2D eigenvalue weighted by molar-refractivity contribution is -0.137. The first-order chi connectivity index (χ1) is 8.40. The largest absolute Gasteiger partial charge is 0.416 e. The van der Waals surface area contributed by atoms with Gasteiger partial charge >= 0.3 is 6.18 Å². The molecule has 0 bridgehead atoms. The molecule has 0 radical (unpaired) electrons. The lowest BCUT2D eigenvalue weighted by Crippen LogP contribution is -2.05. The van der Waals surface area contributed by atoms with E-state index in [0.29, 0.717) is 9.75 Å². The molecule has 2 rings (SSSR count). The van der Waals surface area contributed by atoms with E-state index in [9.17, 15) is 13.2 Å². The highest BCUT2D eigenvalue weighted by Crippen LogP contribution is 2.34. The monoisotopic (exact) mass is 288 g/mol. The third-order valence-electron chi connectivity index (χ3n) is 2.09. The molecule has 0 aliphatic heterocycles. The average Bonchev–Trinajstić information content (AvgIpc) is 2.75. The summed E-state index contributed by atoms with van der Waals surface area (Å²) < 4.78 is 37.8. The van der Waals surface area contributed by atoms with Crippen LogP contribution in [-0.2, 0) is 6.18 Å². The number of alkyl halides is 3. The molecule has 0 aromatic carbocycles. The van der Waals surface area contributed by atoms with Crippen molar-refractivity contribution in [1.29, 1.82) is 5.26 Å². The van der Waals surface area contributed by atoms with E-state index >= 15 is 0 Å². The van der Waals surface area contributed by atoms with Crippen molar-refractivity contribution in [2.75, 3.05) is 0 Å². The van der Waals surface area contributed by atoms with Crippen LogP contribution in [0.3, 0.4) is 0 Å². The molecule has 7 heteroatoms. The molecule has 0 saturated heterocycles. The quantitative estimate of drug-likeness (QED) is 0.731. The highest BCUT2D eigenvalue weighted by atomic mass is 35.5. The first-order valence-corrected chi connectivity index (χ1v) is 5.84. The van der Waals surface area contributed by atoms with Gasteiger partial charge < -0.3 is 0 Å². The summed E-state index contributed by atoms with van der Waals surface area (Å²) in [6.07, 6.45) is -4.48. The minimum absolute atomic E-state index is 0.112. The Kier molecular flexibility index (Phi) is 3.28. The Balaban J connectivity index is 2.52. The summed E-state index contributed by atoms with van der Waals surface area (Å²) in [5.74, 6) is 0. The minimum Gasteiger partial charge on any atom is -0.235 e. The van der Waals surface area contributed by atoms with Crippen LogP contribution < -0.4 is 0 Å². The van der Waals surface area contributed by atoms with Gasteiger partial charge in [-0.1, -0.05) is 11.6 Å². The maximum absolute atomic E-state index is 12.6. The van der Waals surface area contributed by atoms with Gasteiger partial charge in [0, 0.05) is 0 Å². The second-order valence-electron chi connectivity index (χ2n) is 3.34. The van der Waals surface area contributed by atoms with Gasteiger partial charge in [0.05, 0.1) is 16.1 Å². The van der Waals surface area contributed by atoms with E-state index in [-0.39, 0.29) is 10.8 Å². The second kappa shape index (κ2) is 4.59. The predicted octanol–water partition coefficient (Wildman–Crippen LogP) is 4.35. The third kappa shape index (κ3) is 2.63. The molecule has 18 heavy (non-hydrogen) atoms. The van der Waals surface area contributed by atoms with Crippen molar-refractivity contribution in [3.63, 3.8) is 0 Å². The van der Waals surface area contributed by atoms with Gasteiger partial charge in [-0.2, -0.15) is 18.4 Å². The molecule has 2 heterocycles. The maximum atomic E-state index is 12.6. The zero-order valence-corrected chi connectivity index (χ0v) is 10.2. The van der Waals surface area contributed by atoms with Gasteiger partial charge in [-0.05, 0) is 24.3 Å². The summed E-state index contributed by atoms with van der Waals surface area (Å²) in [5.41, 5.74) is -0.745. The highest BCUT2D eigenvalue weighted by Gasteiger charge is 2.31. The van der Waals surface area contributed by atoms with Gasteiger partial charge in [-0.25, -0.2) is 4.98 Å². The Morgan fingerprint density at radius 3 is 2.56 bits per heavy atom. The van der Waals surface area contributed by atoms with Crippen molar-refractivity contribution >= 4 is 22.9 Å². The number of thiophene rings is 1. The van der Waals surface area contributed by atoms with E-state index in [1.54, 1.807) is 6.07 Å². The number of halogens is 4. The second-order valence-corrected chi connectivity index (χ2v) is 4.81. The molecule has 0 amide bonds. The average molecular weight is 289 g/mol. The number of aromatic nitrogens is 1. The van der Waals surface area contributed by atoms with Gasteiger partial charge in [0.15, 0.2) is 0 Å². The standard InChI is InChI=1S/C11H4ClF3N2S/c12-10-4-6(11(13,14)15)3-8(17-10)9-2-1-7(5-16)18-9/h1-4H. The molecular weight excluding hydrogens is 285 g/mol. The first kappa shape index (κ1) is 12.9. The minimum atomic E-state index is -4.48. The zero-order chi connectivity index (χ0) is 13.3. The van der Waals surface area contributed by atoms with E-state index in [0.717, 1.165) is 23.5 Å². The third-order valence-corrected chi connectivity index (χ3v) is 3.30. The molecular formula is C11H4ClF3N2S. The molecule has 0 N–H and O–H groups in total. The fraction of sp³-hybridized carbons (Fsp3) is 0.0909. The van der Waals surface area contributed by atoms with Crippen molar-refractivity contribution in [2.45, 2.75) is 6.18 Å². The Morgan fingerprint density at radius 2 is 2.00 bits per heavy atom. The summed E-state index contributed by atoms with van der Waals surface area (Å²) in [6, 6.07) is 6.66. The number of hydrogen-bond donors (Lipinski definition) is 0. The highest BCUT2D eigenvalue weighted by molar-refractivity contribution is 7.15. The predicted molar refractivity (Wildman–Crippen MR) is 62.3 cm³/mol. The summed E-state index contributed by atoms with van der Waals surface area (Å²) >= 11 is 6.64. The molecule has 0 saturated carbocycles. The number of pyridine rings is 1. The van der Waals surface area contributed by atoms with Crippen molar-refractivity contribution in [1.82, 2.24) is 4.98 Å². The van der Waals surface area contributed by atoms with Crippen LogP contribution in [0.5, 0.6) is 0 Å². The Bertz CT molecular complexity index is 628. The summed E-state index contributed by atoms with van der Waals surface area (Å²) in [5, 5.41) is 8.44. The molecule has 0 unspecified atom stereocenters. The normalized spacial score (nSPS) is 11.3. The van der Waals surface area contributed by atoms with Crippen molar-refractivity contribution in [2.24, 2.45) is 0 Å². The molecule has 0 aliphatic carbocycles. The molecule has 0 spiro atoms. The lowest BCUT2D eigenvalue weighted by Gasteiger charge is -2.08. The Labute approximate surface area is 109 Å².